The van der Waals surface area contributed by atoms with Crippen LogP contribution in [0.3, 0.4) is 0 Å². The van der Waals surface area contributed by atoms with Gasteiger partial charge >= 0.3 is 0 Å². The van der Waals surface area contributed by atoms with Crippen LogP contribution in [0.4, 0.5) is 0 Å². The number of hydrogen-bond acceptors (Lipinski definition) is 5. The summed E-state index contributed by atoms with van der Waals surface area (Å²) in [4.78, 5) is 21.1. The van der Waals surface area contributed by atoms with Gasteiger partial charge in [0.15, 0.2) is 5.78 Å². The molecule has 1 N–H and O–H groups in total. The zero-order valence-electron chi connectivity index (χ0n) is 30.7. The van der Waals surface area contributed by atoms with E-state index in [9.17, 15) is 9.90 Å². The molecule has 5 rings (SSSR count). The Morgan fingerprint density at radius 1 is 0.898 bits per heavy atom. The number of carbonyl (C=O) groups excluding carboxylic acids is 1. The fraction of sp³-hybridized carbons (Fsp3) is 0.419. The maximum atomic E-state index is 11.7. The average molecular weight is 854 g/mol. The molecule has 1 radical (unpaired) electrons. The Balaban J connectivity index is 0.000000347. The first-order valence-electron chi connectivity index (χ1n) is 17.6. The summed E-state index contributed by atoms with van der Waals surface area (Å²) in [6.07, 6.45) is 9.78. The molecular formula is C43H53IrN2O2S-. The van der Waals surface area contributed by atoms with Gasteiger partial charge in [0, 0.05) is 61.5 Å². The molecule has 0 saturated carbocycles. The van der Waals surface area contributed by atoms with E-state index < -0.39 is 0 Å². The van der Waals surface area contributed by atoms with E-state index in [-0.39, 0.29) is 48.9 Å². The number of carbonyl (C=O) groups is 1. The van der Waals surface area contributed by atoms with Gasteiger partial charge in [-0.1, -0.05) is 97.5 Å². The first kappa shape index (κ1) is 40.3. The molecule has 0 aliphatic heterocycles. The maximum Gasteiger partial charge on any atom is 0.162 e. The van der Waals surface area contributed by atoms with Crippen molar-refractivity contribution >= 4 is 38.0 Å². The van der Waals surface area contributed by atoms with Gasteiger partial charge in [-0.2, -0.15) is 0 Å². The van der Waals surface area contributed by atoms with Crippen molar-refractivity contribution in [1.29, 1.82) is 0 Å². The molecule has 263 valence electrons. The number of aliphatic hydroxyl groups is 1. The van der Waals surface area contributed by atoms with Crippen LogP contribution in [0.15, 0.2) is 78.1 Å². The number of fused-ring (bicyclic) bond motifs is 2. The summed E-state index contributed by atoms with van der Waals surface area (Å²) in [5.74, 6) is 1.13. The van der Waals surface area contributed by atoms with Crippen molar-refractivity contribution in [3.05, 3.63) is 95.5 Å². The van der Waals surface area contributed by atoms with Crippen LogP contribution in [0.5, 0.6) is 0 Å². The zero-order chi connectivity index (χ0) is 35.0. The van der Waals surface area contributed by atoms with Crippen molar-refractivity contribution in [2.45, 2.75) is 99.8 Å². The van der Waals surface area contributed by atoms with Gasteiger partial charge in [-0.05, 0) is 72.1 Å². The van der Waals surface area contributed by atoms with Gasteiger partial charge in [0.1, 0.15) is 0 Å². The number of aliphatic hydroxyl groups excluding tert-OH is 1. The molecule has 2 aromatic carbocycles. The van der Waals surface area contributed by atoms with Crippen molar-refractivity contribution in [3.8, 4) is 22.4 Å². The summed E-state index contributed by atoms with van der Waals surface area (Å²) in [7, 11) is 0. The van der Waals surface area contributed by atoms with E-state index >= 15 is 0 Å². The fourth-order valence-electron chi connectivity index (χ4n) is 6.29. The maximum absolute atomic E-state index is 11.7. The number of thiophene rings is 1. The number of pyridine rings is 2. The first-order chi connectivity index (χ1) is 22.9. The van der Waals surface area contributed by atoms with Crippen LogP contribution in [-0.2, 0) is 36.7 Å². The van der Waals surface area contributed by atoms with E-state index in [1.54, 1.807) is 11.3 Å². The molecule has 0 bridgehead atoms. The summed E-state index contributed by atoms with van der Waals surface area (Å²) in [6.45, 7) is 19.4. The Morgan fingerprint density at radius 3 is 2.18 bits per heavy atom. The molecule has 49 heavy (non-hydrogen) atoms. The fourth-order valence-corrected chi connectivity index (χ4v) is 7.36. The third-order valence-electron chi connectivity index (χ3n) is 9.18. The van der Waals surface area contributed by atoms with E-state index in [4.69, 9.17) is 4.98 Å². The molecule has 0 unspecified atom stereocenters. The largest absolute Gasteiger partial charge is 0.512 e. The third-order valence-corrected chi connectivity index (χ3v) is 10.2. The minimum absolute atomic E-state index is 0. The molecule has 0 fully saturated rings. The molecule has 0 aliphatic carbocycles. The SMILES string of the molecule is CC(C)Cc1nccc2c(-c3ccnc(-c4[c-]c5ccccc5c(C(C)(C)C)c4)c3)csc12.CCC(CC)C(=O)/C=C(\O)C(CC)CC.[Ir]. The molecule has 0 amide bonds. The van der Waals surface area contributed by atoms with Crippen molar-refractivity contribution in [2.75, 3.05) is 0 Å². The molecule has 3 heterocycles. The molecular weight excluding hydrogens is 801 g/mol. The van der Waals surface area contributed by atoms with Gasteiger partial charge in [-0.15, -0.1) is 40.5 Å². The Bertz CT molecular complexity index is 1860. The van der Waals surface area contributed by atoms with Crippen molar-refractivity contribution in [1.82, 2.24) is 9.97 Å². The van der Waals surface area contributed by atoms with Crippen molar-refractivity contribution in [3.63, 3.8) is 0 Å². The summed E-state index contributed by atoms with van der Waals surface area (Å²) in [6, 6.07) is 20.9. The molecule has 0 atom stereocenters. The molecule has 0 spiro atoms. The Labute approximate surface area is 311 Å². The van der Waals surface area contributed by atoms with Crippen LogP contribution >= 0.6 is 11.3 Å². The minimum Gasteiger partial charge on any atom is -0.512 e. The Hall–Kier alpha value is -3.18. The van der Waals surface area contributed by atoms with Crippen LogP contribution in [-0.4, -0.2) is 20.9 Å². The van der Waals surface area contributed by atoms with Crippen LogP contribution in [0.1, 0.15) is 99.3 Å². The molecule has 0 saturated heterocycles. The van der Waals surface area contributed by atoms with Gasteiger partial charge < -0.3 is 5.11 Å². The third kappa shape index (κ3) is 9.96. The Morgan fingerprint density at radius 2 is 1.55 bits per heavy atom. The number of nitrogens with zero attached hydrogens (tertiary/aromatic N) is 2. The topological polar surface area (TPSA) is 63.1 Å². The second-order valence-corrected chi connectivity index (χ2v) is 15.1. The van der Waals surface area contributed by atoms with Gasteiger partial charge in [-0.25, -0.2) is 0 Å². The number of rotatable bonds is 11. The predicted molar refractivity (Wildman–Crippen MR) is 206 cm³/mol. The quantitative estimate of drug-likeness (QED) is 0.0817. The summed E-state index contributed by atoms with van der Waals surface area (Å²) < 4.78 is 1.30. The smallest absolute Gasteiger partial charge is 0.162 e. The second kappa shape index (κ2) is 18.2. The number of allylic oxidation sites excluding steroid dienone is 2. The second-order valence-electron chi connectivity index (χ2n) is 14.2. The number of hydrogen-bond donors (Lipinski definition) is 1. The van der Waals surface area contributed by atoms with Crippen molar-refractivity contribution in [2.24, 2.45) is 17.8 Å². The molecule has 6 heteroatoms. The molecule has 0 aliphatic rings. The monoisotopic (exact) mass is 854 g/mol. The normalized spacial score (nSPS) is 12.0. The molecule has 5 aromatic rings. The van der Waals surface area contributed by atoms with Gasteiger partial charge in [0.2, 0.25) is 0 Å². The van der Waals surface area contributed by atoms with E-state index in [0.717, 1.165) is 48.7 Å². The van der Waals surface area contributed by atoms with Crippen LogP contribution in [0.25, 0.3) is 43.2 Å². The minimum atomic E-state index is 0. The Kier molecular flexibility index (Phi) is 14.9. The average Bonchev–Trinajstić information content (AvgIpc) is 3.50. The van der Waals surface area contributed by atoms with Gasteiger partial charge in [0.05, 0.1) is 16.2 Å². The van der Waals surface area contributed by atoms with Crippen LogP contribution in [0, 0.1) is 23.8 Å². The number of benzene rings is 2. The summed E-state index contributed by atoms with van der Waals surface area (Å²) in [5, 5.41) is 15.7. The van der Waals surface area contributed by atoms with E-state index in [2.05, 4.69) is 99.6 Å². The summed E-state index contributed by atoms with van der Waals surface area (Å²) >= 11 is 1.80. The van der Waals surface area contributed by atoms with Crippen LogP contribution in [0.2, 0.25) is 0 Å². The zero-order valence-corrected chi connectivity index (χ0v) is 33.9. The van der Waals surface area contributed by atoms with E-state index in [0.29, 0.717) is 5.92 Å². The predicted octanol–water partition coefficient (Wildman–Crippen LogP) is 12.3. The van der Waals surface area contributed by atoms with E-state index in [1.165, 1.54) is 43.9 Å². The van der Waals surface area contributed by atoms with Gasteiger partial charge in [0.25, 0.3) is 0 Å². The molecule has 4 nitrogen and oxygen atoms in total. The number of aromatic nitrogens is 2. The van der Waals surface area contributed by atoms with Crippen LogP contribution < -0.4 is 0 Å². The van der Waals surface area contributed by atoms with E-state index in [1.807, 2.05) is 40.1 Å². The van der Waals surface area contributed by atoms with Crippen molar-refractivity contribution < 1.29 is 30.0 Å². The van der Waals surface area contributed by atoms with Gasteiger partial charge in [-0.3, -0.25) is 14.8 Å². The number of ketones is 1. The first-order valence-corrected chi connectivity index (χ1v) is 18.5. The standard InChI is InChI=1S/C30H29N2S.C13H24O2.Ir/c1-19(2)14-28-29-24(11-13-32-28)25(18-33-29)21-10-12-31-27(17-21)22-15-20-8-6-7-9-23(20)26(16-22)30(3,4)5;1-5-10(6-2)12(14)9-13(15)11(7-3)8-4;/h6-13,16-19H,14H2,1-5H3;9-11,14H,5-8H2,1-4H3;/q-1;;/b;12-9-;. The molecule has 3 aromatic heterocycles. The summed E-state index contributed by atoms with van der Waals surface area (Å²) in [5.41, 5.74) is 7.00.